The predicted octanol–water partition coefficient (Wildman–Crippen LogP) is 17.4. The van der Waals surface area contributed by atoms with Gasteiger partial charge in [0, 0.05) is 33.6 Å². The number of hydrogen-bond donors (Lipinski definition) is 0. The Balaban J connectivity index is 0.738. The van der Waals surface area contributed by atoms with Gasteiger partial charge in [-0.2, -0.15) is 0 Å². The van der Waals surface area contributed by atoms with Crippen LogP contribution in [0.2, 0.25) is 0 Å². The van der Waals surface area contributed by atoms with Crippen molar-refractivity contribution in [3.8, 4) is 55.6 Å². The first kappa shape index (κ1) is 40.6. The van der Waals surface area contributed by atoms with Gasteiger partial charge in [0.25, 0.3) is 0 Å². The Kier molecular flexibility index (Phi) is 9.05. The highest BCUT2D eigenvalue weighted by Gasteiger charge is 2.59. The van der Waals surface area contributed by atoms with Crippen molar-refractivity contribution in [2.75, 3.05) is 9.80 Å². The minimum absolute atomic E-state index is 0.0605. The van der Waals surface area contributed by atoms with Gasteiger partial charge in [0.2, 0.25) is 0 Å². The van der Waals surface area contributed by atoms with Gasteiger partial charge < -0.3 is 9.80 Å². The molecule has 2 heterocycles. The maximum atomic E-state index is 2.66. The van der Waals surface area contributed by atoms with Gasteiger partial charge in [0.15, 0.2) is 0 Å². The molecule has 2 saturated carbocycles. The molecule has 0 amide bonds. The van der Waals surface area contributed by atoms with Crippen LogP contribution in [0.3, 0.4) is 0 Å². The van der Waals surface area contributed by atoms with Crippen molar-refractivity contribution in [2.45, 2.75) is 107 Å². The van der Waals surface area contributed by atoms with Crippen molar-refractivity contribution < 1.29 is 0 Å². The van der Waals surface area contributed by atoms with Crippen LogP contribution in [0.1, 0.15) is 101 Å². The van der Waals surface area contributed by atoms with Crippen LogP contribution in [0.15, 0.2) is 182 Å². The van der Waals surface area contributed by atoms with Crippen LogP contribution in [-0.4, -0.2) is 11.1 Å². The summed E-state index contributed by atoms with van der Waals surface area (Å²) in [6.07, 6.45) is 11.0. The van der Waals surface area contributed by atoms with Crippen LogP contribution in [0.4, 0.5) is 22.7 Å². The molecule has 5 aliphatic rings. The molecule has 67 heavy (non-hydrogen) atoms. The van der Waals surface area contributed by atoms with E-state index in [9.17, 15) is 0 Å². The van der Waals surface area contributed by atoms with E-state index in [-0.39, 0.29) is 21.9 Å². The molecule has 13 rings (SSSR count). The van der Waals surface area contributed by atoms with Crippen LogP contribution < -0.4 is 9.80 Å². The standard InChI is InChI=1S/C65H60N2/c1-62-35-11-13-37-64(62,3)66(54-15-7-5-8-16-54)60-33-29-50(42-58(60)62)46-23-19-44(20-24-46)48-27-31-56-52(39-48)41-53-40-49(28-32-57(53)56)45-21-25-47(26-22-45)51-30-34-61-59(43-51)63(2)36-12-14-38-65(63,4)67(61)55-17-9-6-10-18-55/h5-10,15-34,39-40,42-43H,11-14,35-38,41H2,1-4H3. The smallest absolute Gasteiger partial charge is 0.0517 e. The van der Waals surface area contributed by atoms with Crippen molar-refractivity contribution in [2.24, 2.45) is 0 Å². The highest BCUT2D eigenvalue weighted by Crippen LogP contribution is 2.63. The van der Waals surface area contributed by atoms with E-state index in [0.717, 1.165) is 6.42 Å². The summed E-state index contributed by atoms with van der Waals surface area (Å²) in [5, 5.41) is 0. The maximum Gasteiger partial charge on any atom is 0.0517 e. The van der Waals surface area contributed by atoms with Gasteiger partial charge in [0.05, 0.1) is 11.1 Å². The molecule has 4 atom stereocenters. The second-order valence-corrected chi connectivity index (χ2v) is 21.5. The number of benzene rings is 8. The van der Waals surface area contributed by atoms with Gasteiger partial charge in [-0.1, -0.05) is 173 Å². The van der Waals surface area contributed by atoms with E-state index in [0.29, 0.717) is 0 Å². The quantitative estimate of drug-likeness (QED) is 0.164. The Morgan fingerprint density at radius 2 is 0.657 bits per heavy atom. The summed E-state index contributed by atoms with van der Waals surface area (Å²) in [5.41, 5.74) is 24.6. The number of fused-ring (bicyclic) bond motifs is 9. The van der Waals surface area contributed by atoms with Gasteiger partial charge >= 0.3 is 0 Å². The number of hydrogen-bond acceptors (Lipinski definition) is 2. The summed E-state index contributed by atoms with van der Waals surface area (Å²) in [4.78, 5) is 5.33. The van der Waals surface area contributed by atoms with E-state index in [1.807, 2.05) is 0 Å². The van der Waals surface area contributed by atoms with Crippen molar-refractivity contribution in [3.05, 3.63) is 204 Å². The summed E-state index contributed by atoms with van der Waals surface area (Å²) < 4.78 is 0. The molecule has 0 bridgehead atoms. The van der Waals surface area contributed by atoms with E-state index in [1.54, 1.807) is 0 Å². The lowest BCUT2D eigenvalue weighted by Gasteiger charge is -2.50. The Morgan fingerprint density at radius 1 is 0.328 bits per heavy atom. The summed E-state index contributed by atoms with van der Waals surface area (Å²) in [5.74, 6) is 0. The Morgan fingerprint density at radius 3 is 1.04 bits per heavy atom. The lowest BCUT2D eigenvalue weighted by atomic mass is 9.61. The van der Waals surface area contributed by atoms with Crippen LogP contribution in [0, 0.1) is 0 Å². The third kappa shape index (κ3) is 5.94. The SMILES string of the molecule is CC12CCCCC1(C)N(c1ccccc1)c1ccc(-c3ccc(-c4ccc5c(c4)Cc4cc(-c6ccc(-c7ccc8c(c7)C7(C)CCCCC7(C)N8c7ccccc7)cc6)ccc4-5)cc3)cc12. The zero-order valence-electron chi connectivity index (χ0n) is 39.6. The van der Waals surface area contributed by atoms with E-state index < -0.39 is 0 Å². The van der Waals surface area contributed by atoms with E-state index in [2.05, 4.69) is 219 Å². The first-order chi connectivity index (χ1) is 32.6. The maximum absolute atomic E-state index is 2.66. The third-order valence-corrected chi connectivity index (χ3v) is 18.2. The van der Waals surface area contributed by atoms with Crippen molar-refractivity contribution in [1.29, 1.82) is 0 Å². The minimum atomic E-state index is 0.0605. The van der Waals surface area contributed by atoms with Crippen LogP contribution in [0.5, 0.6) is 0 Å². The fourth-order valence-corrected chi connectivity index (χ4v) is 14.1. The molecule has 0 saturated heterocycles. The molecule has 3 aliphatic carbocycles. The van der Waals surface area contributed by atoms with Crippen LogP contribution >= 0.6 is 0 Å². The van der Waals surface area contributed by atoms with Crippen LogP contribution in [0.25, 0.3) is 55.6 Å². The van der Waals surface area contributed by atoms with E-state index in [4.69, 9.17) is 0 Å². The zero-order chi connectivity index (χ0) is 45.1. The zero-order valence-corrected chi connectivity index (χ0v) is 39.6. The molecule has 0 radical (unpaired) electrons. The summed E-state index contributed by atoms with van der Waals surface area (Å²) >= 11 is 0. The fraction of sp³-hybridized carbons (Fsp3) is 0.262. The normalized spacial score (nSPS) is 24.4. The molecule has 0 aromatic heterocycles. The van der Waals surface area contributed by atoms with Gasteiger partial charge in [-0.25, -0.2) is 0 Å². The lowest BCUT2D eigenvalue weighted by molar-refractivity contribution is 0.195. The Bertz CT molecular complexity index is 3000. The Labute approximate surface area is 398 Å². The number of nitrogens with zero attached hydrogens (tertiary/aromatic N) is 2. The van der Waals surface area contributed by atoms with Gasteiger partial charge in [-0.15, -0.1) is 0 Å². The number of rotatable bonds is 6. The summed E-state index contributed by atoms with van der Waals surface area (Å²) in [6, 6.07) is 69.5. The second-order valence-electron chi connectivity index (χ2n) is 21.5. The monoisotopic (exact) mass is 868 g/mol. The molecule has 2 aliphatic heterocycles. The van der Waals surface area contributed by atoms with Gasteiger partial charge in [0.1, 0.15) is 0 Å². The fourth-order valence-electron chi connectivity index (χ4n) is 14.1. The first-order valence-corrected chi connectivity index (χ1v) is 25.1. The number of para-hydroxylation sites is 2. The molecule has 8 aromatic rings. The molecule has 2 heteroatoms. The molecular weight excluding hydrogens is 809 g/mol. The van der Waals surface area contributed by atoms with Crippen molar-refractivity contribution >= 4 is 22.7 Å². The highest BCUT2D eigenvalue weighted by atomic mass is 15.3. The third-order valence-electron chi connectivity index (χ3n) is 18.2. The summed E-state index contributed by atoms with van der Waals surface area (Å²) in [6.45, 7) is 10.1. The molecule has 0 spiro atoms. The molecule has 2 nitrogen and oxygen atoms in total. The first-order valence-electron chi connectivity index (χ1n) is 25.1. The van der Waals surface area contributed by atoms with Gasteiger partial charge in [-0.05, 0) is 172 Å². The molecular formula is C65H60N2. The Hall–Kier alpha value is -6.64. The predicted molar refractivity (Wildman–Crippen MR) is 282 cm³/mol. The molecule has 4 unspecified atom stereocenters. The average Bonchev–Trinajstić information content (AvgIpc) is 3.92. The average molecular weight is 869 g/mol. The van der Waals surface area contributed by atoms with E-state index >= 15 is 0 Å². The topological polar surface area (TPSA) is 6.48 Å². The summed E-state index contributed by atoms with van der Waals surface area (Å²) in [7, 11) is 0. The molecule has 0 N–H and O–H groups in total. The lowest BCUT2D eigenvalue weighted by Crippen LogP contribution is -2.54. The molecule has 330 valence electrons. The van der Waals surface area contributed by atoms with Crippen molar-refractivity contribution in [3.63, 3.8) is 0 Å². The second kappa shape index (κ2) is 14.9. The molecule has 2 fully saturated rings. The largest absolute Gasteiger partial charge is 0.334 e. The highest BCUT2D eigenvalue weighted by molar-refractivity contribution is 5.86. The van der Waals surface area contributed by atoms with Crippen molar-refractivity contribution in [1.82, 2.24) is 0 Å². The van der Waals surface area contributed by atoms with Gasteiger partial charge in [-0.3, -0.25) is 0 Å². The van der Waals surface area contributed by atoms with Crippen LogP contribution in [-0.2, 0) is 17.3 Å². The number of anilines is 4. The van der Waals surface area contributed by atoms with E-state index in [1.165, 1.54) is 152 Å². The minimum Gasteiger partial charge on any atom is -0.334 e. The molecule has 8 aromatic carbocycles.